The van der Waals surface area contributed by atoms with Crippen molar-refractivity contribution in [3.8, 4) is 0 Å². The normalized spacial score (nSPS) is 12.7. The number of halogens is 3. The summed E-state index contributed by atoms with van der Waals surface area (Å²) in [7, 11) is 0. The van der Waals surface area contributed by atoms with E-state index in [1.54, 1.807) is 17.4 Å². The molecule has 0 saturated carbocycles. The van der Waals surface area contributed by atoms with Crippen LogP contribution < -0.4 is 5.73 Å². The lowest BCUT2D eigenvalue weighted by molar-refractivity contribution is 0.595. The van der Waals surface area contributed by atoms with Crippen molar-refractivity contribution in [2.75, 3.05) is 0 Å². The molecule has 5 heteroatoms. The van der Waals surface area contributed by atoms with Gasteiger partial charge in [-0.1, -0.05) is 11.6 Å². The molecular formula is C12H10BrClFNS. The highest BCUT2D eigenvalue weighted by molar-refractivity contribution is 9.11. The molecule has 1 nitrogen and oxygen atoms in total. The average Bonchev–Trinajstić information content (AvgIpc) is 2.70. The van der Waals surface area contributed by atoms with Crippen molar-refractivity contribution >= 4 is 38.9 Å². The van der Waals surface area contributed by atoms with Gasteiger partial charge in [-0.2, -0.15) is 0 Å². The molecule has 0 radical (unpaired) electrons. The van der Waals surface area contributed by atoms with Crippen LogP contribution in [0.25, 0.3) is 0 Å². The van der Waals surface area contributed by atoms with E-state index in [0.717, 1.165) is 8.66 Å². The summed E-state index contributed by atoms with van der Waals surface area (Å²) in [5.41, 5.74) is 6.59. The van der Waals surface area contributed by atoms with Gasteiger partial charge >= 0.3 is 0 Å². The van der Waals surface area contributed by atoms with Gasteiger partial charge in [-0.15, -0.1) is 11.3 Å². The zero-order chi connectivity index (χ0) is 12.4. The Labute approximate surface area is 117 Å². The van der Waals surface area contributed by atoms with Crippen molar-refractivity contribution in [1.82, 2.24) is 0 Å². The third-order valence-electron chi connectivity index (χ3n) is 2.41. The van der Waals surface area contributed by atoms with Crippen molar-refractivity contribution in [3.05, 3.63) is 55.4 Å². The summed E-state index contributed by atoms with van der Waals surface area (Å²) < 4.78 is 14.6. The summed E-state index contributed by atoms with van der Waals surface area (Å²) >= 11 is 10.8. The van der Waals surface area contributed by atoms with Crippen molar-refractivity contribution in [2.45, 2.75) is 12.5 Å². The second-order valence-electron chi connectivity index (χ2n) is 3.69. The van der Waals surface area contributed by atoms with E-state index in [-0.39, 0.29) is 11.9 Å². The molecule has 2 N–H and O–H groups in total. The van der Waals surface area contributed by atoms with Gasteiger partial charge in [0.2, 0.25) is 0 Å². The lowest BCUT2D eigenvalue weighted by Crippen LogP contribution is -2.12. The number of nitrogens with two attached hydrogens (primary N) is 1. The van der Waals surface area contributed by atoms with E-state index in [1.165, 1.54) is 12.1 Å². The van der Waals surface area contributed by atoms with E-state index >= 15 is 0 Å². The molecule has 1 atom stereocenters. The number of benzene rings is 1. The van der Waals surface area contributed by atoms with Crippen molar-refractivity contribution in [2.24, 2.45) is 5.73 Å². The van der Waals surface area contributed by atoms with Crippen LogP contribution in [0.3, 0.4) is 0 Å². The maximum Gasteiger partial charge on any atom is 0.126 e. The molecule has 90 valence electrons. The van der Waals surface area contributed by atoms with Gasteiger partial charge in [0.15, 0.2) is 0 Å². The molecular weight excluding hydrogens is 325 g/mol. The molecule has 1 heterocycles. The Morgan fingerprint density at radius 3 is 2.76 bits per heavy atom. The Morgan fingerprint density at radius 1 is 1.35 bits per heavy atom. The maximum absolute atomic E-state index is 13.5. The van der Waals surface area contributed by atoms with E-state index in [9.17, 15) is 4.39 Å². The third kappa shape index (κ3) is 3.28. The van der Waals surface area contributed by atoms with E-state index in [2.05, 4.69) is 15.9 Å². The van der Waals surface area contributed by atoms with Crippen molar-refractivity contribution in [1.29, 1.82) is 0 Å². The number of thiophene rings is 1. The highest BCUT2D eigenvalue weighted by Gasteiger charge is 2.12. The molecule has 0 spiro atoms. The monoisotopic (exact) mass is 333 g/mol. The first kappa shape index (κ1) is 13.0. The lowest BCUT2D eigenvalue weighted by atomic mass is 10.1. The van der Waals surface area contributed by atoms with E-state index < -0.39 is 0 Å². The zero-order valence-electron chi connectivity index (χ0n) is 8.79. The fraction of sp³-hybridized carbons (Fsp3) is 0.167. The molecule has 0 amide bonds. The number of rotatable bonds is 3. The minimum Gasteiger partial charge on any atom is -0.323 e. The predicted molar refractivity (Wildman–Crippen MR) is 74.1 cm³/mol. The molecule has 0 saturated heterocycles. The molecule has 0 aliphatic carbocycles. The highest BCUT2D eigenvalue weighted by atomic mass is 79.9. The van der Waals surface area contributed by atoms with Crippen LogP contribution >= 0.6 is 38.9 Å². The van der Waals surface area contributed by atoms with Crippen LogP contribution in [0.5, 0.6) is 0 Å². The minimum absolute atomic E-state index is 0.209. The molecule has 1 aromatic carbocycles. The summed E-state index contributed by atoms with van der Waals surface area (Å²) in [6.07, 6.45) is 0.444. The van der Waals surface area contributed by atoms with Crippen LogP contribution in [-0.2, 0) is 6.42 Å². The van der Waals surface area contributed by atoms with E-state index in [4.69, 9.17) is 17.3 Å². The minimum atomic E-state index is -0.263. The Balaban J connectivity index is 2.18. The fourth-order valence-electron chi connectivity index (χ4n) is 1.56. The Morgan fingerprint density at radius 2 is 2.12 bits per heavy atom. The van der Waals surface area contributed by atoms with Crippen LogP contribution in [0.2, 0.25) is 5.02 Å². The largest absolute Gasteiger partial charge is 0.323 e. The predicted octanol–water partition coefficient (Wildman–Crippen LogP) is 4.55. The van der Waals surface area contributed by atoms with Gasteiger partial charge in [0.1, 0.15) is 5.82 Å². The van der Waals surface area contributed by atoms with Crippen LogP contribution in [-0.4, -0.2) is 0 Å². The molecule has 0 bridgehead atoms. The number of hydrogen-bond acceptors (Lipinski definition) is 2. The van der Waals surface area contributed by atoms with Gasteiger partial charge in [-0.3, -0.25) is 0 Å². The molecule has 2 rings (SSSR count). The average molecular weight is 335 g/mol. The standard InChI is InChI=1S/C12H10BrClFNS/c13-12-4-3-11(17-12)10(16)6-7-5-8(14)1-2-9(7)15/h1-5,10H,6,16H2. The van der Waals surface area contributed by atoms with E-state index in [1.807, 2.05) is 12.1 Å². The highest BCUT2D eigenvalue weighted by Crippen LogP contribution is 2.29. The second kappa shape index (κ2) is 5.48. The van der Waals surface area contributed by atoms with Crippen LogP contribution in [0, 0.1) is 5.82 Å². The summed E-state index contributed by atoms with van der Waals surface area (Å²) in [6, 6.07) is 8.21. The van der Waals surface area contributed by atoms with Crippen LogP contribution in [0.1, 0.15) is 16.5 Å². The fourth-order valence-corrected chi connectivity index (χ4v) is 3.18. The first-order chi connectivity index (χ1) is 8.06. The summed E-state index contributed by atoms with van der Waals surface area (Å²) in [5, 5.41) is 0.529. The first-order valence-corrected chi connectivity index (χ1v) is 7.00. The van der Waals surface area contributed by atoms with Gasteiger partial charge < -0.3 is 5.73 Å². The smallest absolute Gasteiger partial charge is 0.126 e. The third-order valence-corrected chi connectivity index (χ3v) is 4.40. The topological polar surface area (TPSA) is 26.0 Å². The van der Waals surface area contributed by atoms with Gasteiger partial charge in [-0.05, 0) is 58.2 Å². The molecule has 0 aliphatic heterocycles. The van der Waals surface area contributed by atoms with Gasteiger partial charge in [0.05, 0.1) is 3.79 Å². The van der Waals surface area contributed by atoms with Gasteiger partial charge in [-0.25, -0.2) is 4.39 Å². The number of hydrogen-bond donors (Lipinski definition) is 1. The SMILES string of the molecule is NC(Cc1cc(Cl)ccc1F)c1ccc(Br)s1. The lowest BCUT2D eigenvalue weighted by Gasteiger charge is -2.10. The van der Waals surface area contributed by atoms with Crippen LogP contribution in [0.15, 0.2) is 34.1 Å². The Bertz CT molecular complexity index is 529. The maximum atomic E-state index is 13.5. The molecule has 2 aromatic rings. The molecule has 1 aromatic heterocycles. The van der Waals surface area contributed by atoms with Crippen LogP contribution in [0.4, 0.5) is 4.39 Å². The van der Waals surface area contributed by atoms with Gasteiger partial charge in [0, 0.05) is 15.9 Å². The quantitative estimate of drug-likeness (QED) is 0.876. The first-order valence-electron chi connectivity index (χ1n) is 5.01. The molecule has 17 heavy (non-hydrogen) atoms. The second-order valence-corrected chi connectivity index (χ2v) is 6.62. The molecule has 0 fully saturated rings. The van der Waals surface area contributed by atoms with Crippen molar-refractivity contribution in [3.63, 3.8) is 0 Å². The Hall–Kier alpha value is -0.420. The zero-order valence-corrected chi connectivity index (χ0v) is 11.9. The summed E-state index contributed by atoms with van der Waals surface area (Å²) in [4.78, 5) is 1.02. The summed E-state index contributed by atoms with van der Waals surface area (Å²) in [5.74, 6) is -0.263. The molecule has 0 aliphatic rings. The van der Waals surface area contributed by atoms with Gasteiger partial charge in [0.25, 0.3) is 0 Å². The van der Waals surface area contributed by atoms with E-state index in [0.29, 0.717) is 17.0 Å². The molecule has 1 unspecified atom stereocenters. The summed E-state index contributed by atoms with van der Waals surface area (Å²) in [6.45, 7) is 0. The Kier molecular flexibility index (Phi) is 4.20. The van der Waals surface area contributed by atoms with Crippen molar-refractivity contribution < 1.29 is 4.39 Å².